The van der Waals surface area contributed by atoms with Crippen LogP contribution in [0, 0.1) is 17.8 Å². The van der Waals surface area contributed by atoms with E-state index in [1.807, 2.05) is 0 Å². The normalized spacial score (nSPS) is 28.1. The van der Waals surface area contributed by atoms with Crippen molar-refractivity contribution in [3.8, 4) is 0 Å². The summed E-state index contributed by atoms with van der Waals surface area (Å²) in [6.07, 6.45) is 5.49. The Morgan fingerprint density at radius 3 is 2.73 bits per heavy atom. The van der Waals surface area contributed by atoms with Crippen LogP contribution in [-0.2, 0) is 0 Å². The number of allylic oxidation sites excluding steroid dienone is 2. The molecule has 2 atom stereocenters. The molecule has 1 aliphatic carbocycles. The van der Waals surface area contributed by atoms with Gasteiger partial charge in [0.15, 0.2) is 0 Å². The van der Waals surface area contributed by atoms with Crippen LogP contribution in [0.15, 0.2) is 16.8 Å². The van der Waals surface area contributed by atoms with Gasteiger partial charge in [-0.25, -0.2) is 0 Å². The molecule has 0 amide bonds. The molecule has 0 aromatic rings. The lowest BCUT2D eigenvalue weighted by Crippen LogP contribution is -2.25. The van der Waals surface area contributed by atoms with E-state index in [0.29, 0.717) is 11.8 Å². The molecule has 1 N–H and O–H groups in total. The molecule has 0 bridgehead atoms. The van der Waals surface area contributed by atoms with Gasteiger partial charge in [0.2, 0.25) is 0 Å². The minimum atomic E-state index is 0.376. The van der Waals surface area contributed by atoms with Crippen LogP contribution in [0.5, 0.6) is 0 Å². The molecule has 0 saturated carbocycles. The van der Waals surface area contributed by atoms with Crippen molar-refractivity contribution in [2.75, 3.05) is 0 Å². The van der Waals surface area contributed by atoms with E-state index in [4.69, 9.17) is 5.21 Å². The topological polar surface area (TPSA) is 32.6 Å². The van der Waals surface area contributed by atoms with Gasteiger partial charge >= 0.3 is 0 Å². The van der Waals surface area contributed by atoms with Crippen molar-refractivity contribution >= 4 is 5.71 Å². The van der Waals surface area contributed by atoms with Crippen molar-refractivity contribution in [2.24, 2.45) is 22.9 Å². The van der Waals surface area contributed by atoms with E-state index in [9.17, 15) is 0 Å². The Morgan fingerprint density at radius 2 is 2.27 bits per heavy atom. The first-order valence-electron chi connectivity index (χ1n) is 5.97. The summed E-state index contributed by atoms with van der Waals surface area (Å²) in [7, 11) is 0. The van der Waals surface area contributed by atoms with Gasteiger partial charge in [0.05, 0.1) is 5.71 Å². The van der Waals surface area contributed by atoms with E-state index in [1.54, 1.807) is 0 Å². The second kappa shape index (κ2) is 5.34. The standard InChI is InChI=1S/C13H23NO/c1-5-13(14-15)12-8-11(9(2)3)7-6-10(12)4/h6,9,11-12,15H,5,7-8H2,1-4H3/b14-13-/t11-,12+/m1/s1. The Morgan fingerprint density at radius 1 is 1.60 bits per heavy atom. The highest BCUT2D eigenvalue weighted by Crippen LogP contribution is 2.34. The van der Waals surface area contributed by atoms with Crippen LogP contribution in [0.25, 0.3) is 0 Å². The van der Waals surface area contributed by atoms with Crippen molar-refractivity contribution in [1.82, 2.24) is 0 Å². The molecular formula is C13H23NO. The van der Waals surface area contributed by atoms with Crippen molar-refractivity contribution in [2.45, 2.75) is 47.0 Å². The van der Waals surface area contributed by atoms with Crippen LogP contribution in [0.1, 0.15) is 47.0 Å². The van der Waals surface area contributed by atoms with Gasteiger partial charge in [-0.05, 0) is 38.0 Å². The zero-order chi connectivity index (χ0) is 11.4. The Kier molecular flexibility index (Phi) is 4.37. The monoisotopic (exact) mass is 209 g/mol. The molecule has 0 saturated heterocycles. The van der Waals surface area contributed by atoms with Gasteiger partial charge in [0, 0.05) is 5.92 Å². The fourth-order valence-electron chi connectivity index (χ4n) is 2.39. The Bertz CT molecular complexity index is 266. The van der Waals surface area contributed by atoms with E-state index < -0.39 is 0 Å². The first kappa shape index (κ1) is 12.3. The maximum atomic E-state index is 8.98. The van der Waals surface area contributed by atoms with Crippen LogP contribution >= 0.6 is 0 Å². The summed E-state index contributed by atoms with van der Waals surface area (Å²) in [4.78, 5) is 0. The predicted octanol–water partition coefficient (Wildman–Crippen LogP) is 3.86. The lowest BCUT2D eigenvalue weighted by Gasteiger charge is -2.31. The van der Waals surface area contributed by atoms with E-state index in [-0.39, 0.29) is 0 Å². The lowest BCUT2D eigenvalue weighted by molar-refractivity contribution is 0.300. The van der Waals surface area contributed by atoms with Crippen molar-refractivity contribution in [3.63, 3.8) is 0 Å². The molecule has 0 spiro atoms. The van der Waals surface area contributed by atoms with Crippen LogP contribution in [0.2, 0.25) is 0 Å². The minimum Gasteiger partial charge on any atom is -0.411 e. The molecule has 2 nitrogen and oxygen atoms in total. The first-order chi connectivity index (χ1) is 7.10. The van der Waals surface area contributed by atoms with E-state index in [1.165, 1.54) is 12.0 Å². The molecule has 86 valence electrons. The Balaban J connectivity index is 2.80. The Labute approximate surface area is 93.1 Å². The average Bonchev–Trinajstić information content (AvgIpc) is 2.22. The number of rotatable bonds is 3. The summed E-state index contributed by atoms with van der Waals surface area (Å²) >= 11 is 0. The second-order valence-electron chi connectivity index (χ2n) is 4.92. The quantitative estimate of drug-likeness (QED) is 0.325. The fraction of sp³-hybridized carbons (Fsp3) is 0.769. The summed E-state index contributed by atoms with van der Waals surface area (Å²) in [6, 6.07) is 0. The summed E-state index contributed by atoms with van der Waals surface area (Å²) in [5.74, 6) is 1.83. The summed E-state index contributed by atoms with van der Waals surface area (Å²) in [5.41, 5.74) is 2.32. The number of hydrogen-bond donors (Lipinski definition) is 1. The zero-order valence-electron chi connectivity index (χ0n) is 10.3. The first-order valence-corrected chi connectivity index (χ1v) is 5.97. The fourth-order valence-corrected chi connectivity index (χ4v) is 2.39. The second-order valence-corrected chi connectivity index (χ2v) is 4.92. The maximum absolute atomic E-state index is 8.98. The molecule has 1 aliphatic rings. The Hall–Kier alpha value is -0.790. The highest BCUT2D eigenvalue weighted by Gasteiger charge is 2.27. The predicted molar refractivity (Wildman–Crippen MR) is 64.3 cm³/mol. The molecule has 0 radical (unpaired) electrons. The van der Waals surface area contributed by atoms with E-state index in [0.717, 1.165) is 24.5 Å². The largest absolute Gasteiger partial charge is 0.411 e. The molecule has 2 heteroatoms. The highest BCUT2D eigenvalue weighted by molar-refractivity contribution is 5.88. The third kappa shape index (κ3) is 2.83. The van der Waals surface area contributed by atoms with Gasteiger partial charge in [0.1, 0.15) is 0 Å². The molecule has 0 heterocycles. The number of nitrogens with zero attached hydrogens (tertiary/aromatic N) is 1. The molecule has 1 rings (SSSR count). The zero-order valence-corrected chi connectivity index (χ0v) is 10.3. The maximum Gasteiger partial charge on any atom is 0.0639 e. The molecule has 0 aromatic carbocycles. The van der Waals surface area contributed by atoms with Crippen LogP contribution in [-0.4, -0.2) is 10.9 Å². The molecule has 0 aromatic heterocycles. The third-order valence-corrected chi connectivity index (χ3v) is 3.67. The SMILES string of the molecule is CC/C(=N/O)[C@H]1C[C@H](C(C)C)CC=C1C. The van der Waals surface area contributed by atoms with Crippen molar-refractivity contribution in [1.29, 1.82) is 0 Å². The van der Waals surface area contributed by atoms with Crippen molar-refractivity contribution in [3.05, 3.63) is 11.6 Å². The van der Waals surface area contributed by atoms with Gasteiger partial charge in [-0.1, -0.05) is 37.6 Å². The van der Waals surface area contributed by atoms with Gasteiger partial charge < -0.3 is 5.21 Å². The van der Waals surface area contributed by atoms with Crippen LogP contribution < -0.4 is 0 Å². The van der Waals surface area contributed by atoms with Crippen molar-refractivity contribution < 1.29 is 5.21 Å². The van der Waals surface area contributed by atoms with Crippen LogP contribution in [0.3, 0.4) is 0 Å². The molecule has 15 heavy (non-hydrogen) atoms. The summed E-state index contributed by atoms with van der Waals surface area (Å²) < 4.78 is 0. The van der Waals surface area contributed by atoms with Gasteiger partial charge in [-0.3, -0.25) is 0 Å². The van der Waals surface area contributed by atoms with E-state index >= 15 is 0 Å². The van der Waals surface area contributed by atoms with Gasteiger partial charge in [-0.2, -0.15) is 0 Å². The van der Waals surface area contributed by atoms with Crippen LogP contribution in [0.4, 0.5) is 0 Å². The molecular weight excluding hydrogens is 186 g/mol. The molecule has 0 fully saturated rings. The minimum absolute atomic E-state index is 0.376. The summed E-state index contributed by atoms with van der Waals surface area (Å²) in [5, 5.41) is 12.4. The highest BCUT2D eigenvalue weighted by atomic mass is 16.4. The summed E-state index contributed by atoms with van der Waals surface area (Å²) in [6.45, 7) is 8.76. The molecule has 0 aliphatic heterocycles. The smallest absolute Gasteiger partial charge is 0.0639 e. The van der Waals surface area contributed by atoms with E-state index in [2.05, 4.69) is 38.9 Å². The number of hydrogen-bond acceptors (Lipinski definition) is 2. The third-order valence-electron chi connectivity index (χ3n) is 3.67. The number of oxime groups is 1. The average molecular weight is 209 g/mol. The molecule has 0 unspecified atom stereocenters. The van der Waals surface area contributed by atoms with Gasteiger partial charge in [-0.15, -0.1) is 0 Å². The van der Waals surface area contributed by atoms with Gasteiger partial charge in [0.25, 0.3) is 0 Å². The lowest BCUT2D eigenvalue weighted by atomic mass is 9.74.